The number of pyridine rings is 2. The molecule has 0 spiro atoms. The maximum Gasteiger partial charge on any atom is 0.213 e. The van der Waals surface area contributed by atoms with Crippen LogP contribution in [0.2, 0.25) is 0 Å². The van der Waals surface area contributed by atoms with Crippen LogP contribution in [0.3, 0.4) is 0 Å². The van der Waals surface area contributed by atoms with Gasteiger partial charge in [-0.2, -0.15) is 4.39 Å². The van der Waals surface area contributed by atoms with Crippen molar-refractivity contribution in [3.05, 3.63) is 54.9 Å². The Hall–Kier alpha value is -2.53. The summed E-state index contributed by atoms with van der Waals surface area (Å²) in [6, 6.07) is 9.89. The molecule has 0 radical (unpaired) electrons. The van der Waals surface area contributed by atoms with Crippen LogP contribution in [0.1, 0.15) is 12.8 Å². The van der Waals surface area contributed by atoms with Gasteiger partial charge in [-0.15, -0.1) is 0 Å². The number of rotatable bonds is 3. The Morgan fingerprint density at radius 2 is 1.92 bits per heavy atom. The van der Waals surface area contributed by atoms with Crippen molar-refractivity contribution in [2.45, 2.75) is 18.9 Å². The molecule has 4 nitrogen and oxygen atoms in total. The quantitative estimate of drug-likeness (QED) is 0.724. The fourth-order valence-corrected chi connectivity index (χ4v) is 3.25. The van der Waals surface area contributed by atoms with E-state index in [1.54, 1.807) is 6.20 Å². The standard InChI is InChI=1S/C19H19FN4/c20-19-11-13(2-8-23-19)15-9-14-1-5-22-12-17(14)18(10-15)24-16-3-6-21-7-4-16/h1-2,5,8-12,16,21,24H,3-4,6-7H2. The minimum absolute atomic E-state index is 0.444. The van der Waals surface area contributed by atoms with Gasteiger partial charge in [0.15, 0.2) is 0 Å². The van der Waals surface area contributed by atoms with Gasteiger partial charge in [-0.25, -0.2) is 4.98 Å². The molecule has 5 heteroatoms. The van der Waals surface area contributed by atoms with Gasteiger partial charge < -0.3 is 10.6 Å². The van der Waals surface area contributed by atoms with Crippen LogP contribution in [0.15, 0.2) is 48.9 Å². The Labute approximate surface area is 140 Å². The molecule has 0 bridgehead atoms. The van der Waals surface area contributed by atoms with Gasteiger partial charge in [0.1, 0.15) is 0 Å². The number of benzene rings is 1. The summed E-state index contributed by atoms with van der Waals surface area (Å²) in [6.07, 6.45) is 7.36. The summed E-state index contributed by atoms with van der Waals surface area (Å²) in [5, 5.41) is 9.23. The molecular formula is C19H19FN4. The maximum atomic E-state index is 13.5. The van der Waals surface area contributed by atoms with Gasteiger partial charge >= 0.3 is 0 Å². The van der Waals surface area contributed by atoms with Crippen LogP contribution in [0, 0.1) is 5.95 Å². The van der Waals surface area contributed by atoms with Crippen molar-refractivity contribution in [1.29, 1.82) is 0 Å². The third-order valence-corrected chi connectivity index (χ3v) is 4.51. The summed E-state index contributed by atoms with van der Waals surface area (Å²) in [4.78, 5) is 7.91. The largest absolute Gasteiger partial charge is 0.382 e. The van der Waals surface area contributed by atoms with Gasteiger partial charge in [0, 0.05) is 41.8 Å². The first-order chi connectivity index (χ1) is 11.8. The van der Waals surface area contributed by atoms with Gasteiger partial charge in [0.2, 0.25) is 5.95 Å². The van der Waals surface area contributed by atoms with Gasteiger partial charge in [-0.05, 0) is 66.7 Å². The molecule has 0 saturated carbocycles. The zero-order valence-electron chi connectivity index (χ0n) is 13.3. The van der Waals surface area contributed by atoms with E-state index in [-0.39, 0.29) is 0 Å². The lowest BCUT2D eigenvalue weighted by Crippen LogP contribution is -2.35. The van der Waals surface area contributed by atoms with Gasteiger partial charge in [0.05, 0.1) is 0 Å². The van der Waals surface area contributed by atoms with Crippen molar-refractivity contribution >= 4 is 16.5 Å². The smallest absolute Gasteiger partial charge is 0.213 e. The summed E-state index contributed by atoms with van der Waals surface area (Å²) in [6.45, 7) is 2.06. The predicted octanol–water partition coefficient (Wildman–Crippen LogP) is 3.60. The van der Waals surface area contributed by atoms with Gasteiger partial charge in [-0.3, -0.25) is 4.98 Å². The molecule has 3 heterocycles. The Balaban J connectivity index is 1.78. The van der Waals surface area contributed by atoms with E-state index in [0.29, 0.717) is 6.04 Å². The molecular weight excluding hydrogens is 303 g/mol. The number of anilines is 1. The van der Waals surface area contributed by atoms with Crippen LogP contribution in [0.5, 0.6) is 0 Å². The number of aromatic nitrogens is 2. The Kier molecular flexibility index (Phi) is 4.09. The van der Waals surface area contributed by atoms with E-state index in [2.05, 4.69) is 32.7 Å². The normalized spacial score (nSPS) is 15.5. The van der Waals surface area contributed by atoms with Crippen molar-refractivity contribution in [3.8, 4) is 11.1 Å². The summed E-state index contributed by atoms with van der Waals surface area (Å²) < 4.78 is 13.5. The molecule has 1 saturated heterocycles. The molecule has 1 aliphatic rings. The van der Waals surface area contributed by atoms with E-state index in [1.165, 1.54) is 12.3 Å². The lowest BCUT2D eigenvalue weighted by Gasteiger charge is -2.25. The molecule has 0 unspecified atom stereocenters. The number of halogens is 1. The van der Waals surface area contributed by atoms with Crippen LogP contribution >= 0.6 is 0 Å². The number of hydrogen-bond acceptors (Lipinski definition) is 4. The number of fused-ring (bicyclic) bond motifs is 1. The molecule has 0 amide bonds. The van der Waals surface area contributed by atoms with E-state index < -0.39 is 5.95 Å². The fraction of sp³-hybridized carbons (Fsp3) is 0.263. The first kappa shape index (κ1) is 15.0. The third-order valence-electron chi connectivity index (χ3n) is 4.51. The first-order valence-corrected chi connectivity index (χ1v) is 8.26. The van der Waals surface area contributed by atoms with E-state index >= 15 is 0 Å². The van der Waals surface area contributed by atoms with Crippen LogP contribution in [-0.2, 0) is 0 Å². The zero-order chi connectivity index (χ0) is 16.4. The van der Waals surface area contributed by atoms with Crippen molar-refractivity contribution in [3.63, 3.8) is 0 Å². The molecule has 2 aromatic heterocycles. The molecule has 3 aromatic rings. The van der Waals surface area contributed by atoms with Crippen LogP contribution in [-0.4, -0.2) is 29.1 Å². The molecule has 0 aliphatic carbocycles. The molecule has 1 fully saturated rings. The SMILES string of the molecule is Fc1cc(-c2cc(NC3CCNCC3)c3cnccc3c2)ccn1. The molecule has 24 heavy (non-hydrogen) atoms. The van der Waals surface area contributed by atoms with Crippen molar-refractivity contribution in [2.75, 3.05) is 18.4 Å². The zero-order valence-corrected chi connectivity index (χ0v) is 13.3. The highest BCUT2D eigenvalue weighted by molar-refractivity contribution is 5.97. The number of nitrogens with zero attached hydrogens (tertiary/aromatic N) is 2. The van der Waals surface area contributed by atoms with Crippen molar-refractivity contribution in [2.24, 2.45) is 0 Å². The molecule has 0 atom stereocenters. The summed E-state index contributed by atoms with van der Waals surface area (Å²) in [5.74, 6) is -0.463. The highest BCUT2D eigenvalue weighted by atomic mass is 19.1. The number of nitrogens with one attached hydrogen (secondary N) is 2. The highest BCUT2D eigenvalue weighted by Gasteiger charge is 2.15. The molecule has 4 rings (SSSR count). The second-order valence-corrected chi connectivity index (χ2v) is 6.16. The van der Waals surface area contributed by atoms with Gasteiger partial charge in [-0.1, -0.05) is 0 Å². The third kappa shape index (κ3) is 3.08. The minimum Gasteiger partial charge on any atom is -0.382 e. The van der Waals surface area contributed by atoms with E-state index in [9.17, 15) is 4.39 Å². The summed E-state index contributed by atoms with van der Waals surface area (Å²) in [7, 11) is 0. The summed E-state index contributed by atoms with van der Waals surface area (Å²) in [5.41, 5.74) is 2.86. The lowest BCUT2D eigenvalue weighted by molar-refractivity contribution is 0.479. The lowest BCUT2D eigenvalue weighted by atomic mass is 10.00. The predicted molar refractivity (Wildman–Crippen MR) is 94.4 cm³/mol. The van der Waals surface area contributed by atoms with E-state index in [4.69, 9.17) is 0 Å². The molecule has 122 valence electrons. The Morgan fingerprint density at radius 1 is 1.04 bits per heavy atom. The highest BCUT2D eigenvalue weighted by Crippen LogP contribution is 2.31. The molecule has 1 aromatic carbocycles. The summed E-state index contributed by atoms with van der Waals surface area (Å²) >= 11 is 0. The number of hydrogen-bond donors (Lipinski definition) is 2. The van der Waals surface area contributed by atoms with E-state index in [1.807, 2.05) is 18.3 Å². The average Bonchev–Trinajstić information content (AvgIpc) is 2.62. The molecule has 1 aliphatic heterocycles. The van der Waals surface area contributed by atoms with Crippen molar-refractivity contribution in [1.82, 2.24) is 15.3 Å². The minimum atomic E-state index is -0.463. The van der Waals surface area contributed by atoms with Gasteiger partial charge in [0.25, 0.3) is 0 Å². The second-order valence-electron chi connectivity index (χ2n) is 6.16. The Bertz CT molecular complexity index is 859. The number of piperidine rings is 1. The van der Waals surface area contributed by atoms with Crippen LogP contribution < -0.4 is 10.6 Å². The van der Waals surface area contributed by atoms with Crippen LogP contribution in [0.4, 0.5) is 10.1 Å². The Morgan fingerprint density at radius 3 is 2.75 bits per heavy atom. The fourth-order valence-electron chi connectivity index (χ4n) is 3.25. The average molecular weight is 322 g/mol. The van der Waals surface area contributed by atoms with Crippen LogP contribution in [0.25, 0.3) is 21.9 Å². The topological polar surface area (TPSA) is 49.8 Å². The second kappa shape index (κ2) is 6.53. The molecule has 2 N–H and O–H groups in total. The van der Waals surface area contributed by atoms with Crippen molar-refractivity contribution < 1.29 is 4.39 Å². The first-order valence-electron chi connectivity index (χ1n) is 8.26. The monoisotopic (exact) mass is 322 g/mol. The maximum absolute atomic E-state index is 13.5. The van der Waals surface area contributed by atoms with E-state index in [0.717, 1.165) is 53.5 Å².